The van der Waals surface area contributed by atoms with E-state index < -0.39 is 6.15 Å². The van der Waals surface area contributed by atoms with Crippen LogP contribution in [0.15, 0.2) is 16.8 Å². The number of rotatable bonds is 7. The van der Waals surface area contributed by atoms with Crippen LogP contribution in [-0.2, 0) is 0 Å². The maximum absolute atomic E-state index is 2.48. The second-order valence-electron chi connectivity index (χ2n) is 6.29. The van der Waals surface area contributed by atoms with E-state index in [0.29, 0.717) is 0 Å². The first-order valence-corrected chi connectivity index (χ1v) is 8.69. The molecule has 0 aromatic carbocycles. The first-order valence-electron chi connectivity index (χ1n) is 7.75. The molecule has 104 valence electrons. The zero-order valence-electron chi connectivity index (χ0n) is 14.1. The number of hydrogen-bond acceptors (Lipinski definition) is 1. The first-order chi connectivity index (χ1) is 8.55. The van der Waals surface area contributed by atoms with Gasteiger partial charge in [-0.05, 0) is 10.8 Å². The summed E-state index contributed by atoms with van der Waals surface area (Å²) in [6.45, 7) is 14.5. The molecule has 19 heavy (non-hydrogen) atoms. The molecule has 0 saturated heterocycles. The number of thiophene rings is 1. The van der Waals surface area contributed by atoms with Crippen molar-refractivity contribution < 1.29 is 18.9 Å². The maximum atomic E-state index is 2.48. The van der Waals surface area contributed by atoms with Crippen molar-refractivity contribution in [1.82, 2.24) is 0 Å². The van der Waals surface area contributed by atoms with Crippen LogP contribution in [0, 0.1) is 0 Å². The largest absolute Gasteiger partial charge is 1.00 e. The molecule has 1 aromatic heterocycles. The molecule has 0 N–H and O–H groups in total. The average molecular weight is 272 g/mol. The monoisotopic (exact) mass is 272 g/mol. The van der Waals surface area contributed by atoms with Gasteiger partial charge < -0.3 is 0 Å². The van der Waals surface area contributed by atoms with E-state index in [2.05, 4.69) is 58.4 Å². The van der Waals surface area contributed by atoms with E-state index in [1.165, 1.54) is 19.3 Å². The predicted octanol–water partition coefficient (Wildman–Crippen LogP) is 2.81. The van der Waals surface area contributed by atoms with Crippen LogP contribution in [0.5, 0.6) is 0 Å². The summed E-state index contributed by atoms with van der Waals surface area (Å²) in [6, 6.07) is 2.40. The van der Waals surface area contributed by atoms with Crippen molar-refractivity contribution >= 4 is 22.9 Å². The van der Waals surface area contributed by atoms with Crippen molar-refractivity contribution in [3.63, 3.8) is 0 Å². The molecule has 3 heteroatoms. The first kappa shape index (κ1) is 19.4. The van der Waals surface area contributed by atoms with E-state index in [1.54, 1.807) is 5.46 Å². The third-order valence-corrected chi connectivity index (χ3v) is 6.58. The number of hydrogen-bond donors (Lipinski definition) is 0. The second kappa shape index (κ2) is 8.61. The van der Waals surface area contributed by atoms with Gasteiger partial charge in [0.1, 0.15) is 0 Å². The van der Waals surface area contributed by atoms with Gasteiger partial charge in [-0.3, -0.25) is 0 Å². The Hall–Kier alpha value is 0.362. The Morgan fingerprint density at radius 2 is 1.37 bits per heavy atom. The van der Waals surface area contributed by atoms with Crippen LogP contribution in [0.25, 0.3) is 0 Å². The fourth-order valence-corrected chi connectivity index (χ4v) is 5.18. The molecule has 3 unspecified atom stereocenters. The molecule has 1 heterocycles. The Morgan fingerprint density at radius 1 is 0.947 bits per heavy atom. The molecule has 0 bridgehead atoms. The topological polar surface area (TPSA) is 0 Å². The van der Waals surface area contributed by atoms with Crippen molar-refractivity contribution in [3.8, 4) is 0 Å². The smallest absolute Gasteiger partial charge is 0.198 e. The fourth-order valence-electron chi connectivity index (χ4n) is 4.40. The van der Waals surface area contributed by atoms with Gasteiger partial charge in [0, 0.05) is 6.15 Å². The fraction of sp³-hybridized carbons (Fsp3) is 0.750. The summed E-state index contributed by atoms with van der Waals surface area (Å²) in [6.07, 6.45) is 3.45. The van der Waals surface area contributed by atoms with Gasteiger partial charge in [-0.1, -0.05) is 66.9 Å². The summed E-state index contributed by atoms with van der Waals surface area (Å²) in [5.74, 6) is 2.43. The zero-order valence-corrected chi connectivity index (χ0v) is 14.9. The Morgan fingerprint density at radius 3 is 1.63 bits per heavy atom. The Bertz CT molecular complexity index is 310. The molecule has 3 atom stereocenters. The molecular weight excluding hydrogens is 242 g/mol. The van der Waals surface area contributed by atoms with Crippen molar-refractivity contribution in [2.24, 2.45) is 0 Å². The molecule has 0 fully saturated rings. The van der Waals surface area contributed by atoms with Gasteiger partial charge in [-0.25, -0.2) is 0 Å². The van der Waals surface area contributed by atoms with Crippen molar-refractivity contribution in [3.05, 3.63) is 16.8 Å². The van der Waals surface area contributed by atoms with Crippen LogP contribution in [0.4, 0.5) is 0 Å². The Labute approximate surface area is 136 Å². The minimum atomic E-state index is -0.441. The minimum absolute atomic E-state index is 0. The quantitative estimate of drug-likeness (QED) is 0.670. The van der Waals surface area contributed by atoms with Gasteiger partial charge in [-0.2, -0.15) is 34.3 Å². The van der Waals surface area contributed by atoms with Gasteiger partial charge in [0.2, 0.25) is 0 Å². The molecule has 0 amide bonds. The summed E-state index contributed by atoms with van der Waals surface area (Å²) < 4.78 is 0. The summed E-state index contributed by atoms with van der Waals surface area (Å²) >= 11 is 1.87. The van der Waals surface area contributed by atoms with E-state index in [4.69, 9.17) is 0 Å². The SMILES string of the molecule is CCC(C)[B-](c1ccsc1)(C(C)CC)C(C)CC.[Li+]. The summed E-state index contributed by atoms with van der Waals surface area (Å²) in [7, 11) is 0. The van der Waals surface area contributed by atoms with Crippen LogP contribution in [0.2, 0.25) is 17.5 Å². The molecule has 0 aliphatic carbocycles. The standard InChI is InChI=1S/C16H30BS.Li/c1-7-13(4)17(14(5)8-2,15(6)9-3)16-10-11-18-12-16;/h10-15H,7-9H2,1-6H3;/q-1;+1. The van der Waals surface area contributed by atoms with E-state index in [9.17, 15) is 0 Å². The van der Waals surface area contributed by atoms with Gasteiger partial charge in [0.05, 0.1) is 0 Å². The summed E-state index contributed by atoms with van der Waals surface area (Å²) in [5.41, 5.74) is 1.65. The van der Waals surface area contributed by atoms with Crippen molar-refractivity contribution in [2.45, 2.75) is 78.3 Å². The second-order valence-corrected chi connectivity index (χ2v) is 7.07. The van der Waals surface area contributed by atoms with Crippen molar-refractivity contribution in [1.29, 1.82) is 0 Å². The van der Waals surface area contributed by atoms with Crippen LogP contribution in [-0.4, -0.2) is 6.15 Å². The molecule has 0 aliphatic rings. The third kappa shape index (κ3) is 3.52. The van der Waals surface area contributed by atoms with E-state index in [-0.39, 0.29) is 18.9 Å². The van der Waals surface area contributed by atoms with Crippen LogP contribution in [0.3, 0.4) is 0 Å². The molecule has 1 rings (SSSR count). The summed E-state index contributed by atoms with van der Waals surface area (Å²) in [4.78, 5) is 0. The predicted molar refractivity (Wildman–Crippen MR) is 88.9 cm³/mol. The van der Waals surface area contributed by atoms with Gasteiger partial charge in [0.25, 0.3) is 0 Å². The van der Waals surface area contributed by atoms with Gasteiger partial charge in [0.15, 0.2) is 0 Å². The van der Waals surface area contributed by atoms with Crippen LogP contribution >= 0.6 is 11.3 Å². The van der Waals surface area contributed by atoms with Crippen LogP contribution in [0.1, 0.15) is 60.8 Å². The minimum Gasteiger partial charge on any atom is -0.198 e. The molecule has 0 nitrogen and oxygen atoms in total. The Kier molecular flexibility index (Phi) is 8.77. The molecule has 0 saturated carbocycles. The molecular formula is C16H30BLiS. The molecule has 0 spiro atoms. The van der Waals surface area contributed by atoms with E-state index in [1.807, 2.05) is 11.3 Å². The molecule has 0 aliphatic heterocycles. The molecule has 0 radical (unpaired) electrons. The van der Waals surface area contributed by atoms with Crippen LogP contribution < -0.4 is 24.3 Å². The average Bonchev–Trinajstić information content (AvgIpc) is 2.92. The third-order valence-electron chi connectivity index (χ3n) is 5.88. The molecule has 1 aromatic rings. The van der Waals surface area contributed by atoms with E-state index in [0.717, 1.165) is 17.5 Å². The Balaban J connectivity index is 0.00000324. The summed E-state index contributed by atoms with van der Waals surface area (Å²) in [5, 5.41) is 4.68. The zero-order chi connectivity index (χ0) is 13.8. The van der Waals surface area contributed by atoms with Gasteiger partial charge in [-0.15, -0.1) is 0 Å². The van der Waals surface area contributed by atoms with E-state index >= 15 is 0 Å². The normalized spacial score (nSPS) is 19.1. The maximum Gasteiger partial charge on any atom is 1.00 e. The van der Waals surface area contributed by atoms with Crippen molar-refractivity contribution in [2.75, 3.05) is 0 Å². The van der Waals surface area contributed by atoms with Gasteiger partial charge >= 0.3 is 18.9 Å².